The quantitative estimate of drug-likeness (QED) is 0.589. The minimum atomic E-state index is -3.77. The Morgan fingerprint density at radius 1 is 0.938 bits per heavy atom. The maximum absolute atomic E-state index is 13.4. The van der Waals surface area contributed by atoms with Gasteiger partial charge >= 0.3 is 0 Å². The molecule has 0 atom stereocenters. The van der Waals surface area contributed by atoms with Gasteiger partial charge in [0, 0.05) is 18.8 Å². The number of fused-ring (bicyclic) bond motifs is 1. The van der Waals surface area contributed by atoms with Crippen LogP contribution in [0.3, 0.4) is 0 Å². The first kappa shape index (κ1) is 22.4. The molecule has 32 heavy (non-hydrogen) atoms. The van der Waals surface area contributed by atoms with Crippen LogP contribution in [-0.2, 0) is 38.8 Å². The van der Waals surface area contributed by atoms with Gasteiger partial charge in [-0.2, -0.15) is 4.31 Å². The summed E-state index contributed by atoms with van der Waals surface area (Å²) < 4.78 is 68.4. The highest BCUT2D eigenvalue weighted by atomic mass is 32.2. The molecule has 0 unspecified atom stereocenters. The number of benzene rings is 3. The summed E-state index contributed by atoms with van der Waals surface area (Å²) in [5.74, 6) is -0.864. The van der Waals surface area contributed by atoms with Crippen molar-refractivity contribution < 1.29 is 21.2 Å². The Balaban J connectivity index is 1.53. The van der Waals surface area contributed by atoms with E-state index in [1.807, 2.05) is 13.0 Å². The molecule has 0 fully saturated rings. The van der Waals surface area contributed by atoms with Gasteiger partial charge in [-0.25, -0.2) is 21.2 Å². The average molecular weight is 475 g/mol. The Kier molecular flexibility index (Phi) is 6.07. The number of sulfonamides is 2. The predicted octanol–water partition coefficient (Wildman–Crippen LogP) is 3.82. The van der Waals surface area contributed by atoms with Gasteiger partial charge in [0.1, 0.15) is 5.82 Å². The molecule has 3 aromatic rings. The number of anilines is 1. The summed E-state index contributed by atoms with van der Waals surface area (Å²) in [4.78, 5) is 0.235. The zero-order valence-electron chi connectivity index (χ0n) is 17.5. The van der Waals surface area contributed by atoms with Crippen molar-refractivity contribution in [3.05, 3.63) is 94.8 Å². The second kappa shape index (κ2) is 8.65. The zero-order valence-corrected chi connectivity index (χ0v) is 19.1. The lowest BCUT2D eigenvalue weighted by Gasteiger charge is -2.28. The number of hydrogen-bond donors (Lipinski definition) is 1. The van der Waals surface area contributed by atoms with Crippen LogP contribution in [0, 0.1) is 12.7 Å². The van der Waals surface area contributed by atoms with Crippen LogP contribution >= 0.6 is 0 Å². The monoisotopic (exact) mass is 474 g/mol. The Bertz CT molecular complexity index is 1350. The molecule has 0 bridgehead atoms. The highest BCUT2D eigenvalue weighted by Crippen LogP contribution is 2.28. The third kappa shape index (κ3) is 5.01. The molecule has 4 rings (SSSR count). The normalized spacial score (nSPS) is 14.7. The van der Waals surface area contributed by atoms with E-state index in [1.165, 1.54) is 22.5 Å². The number of nitrogens with zero attached hydrogens (tertiary/aromatic N) is 1. The Morgan fingerprint density at radius 3 is 2.41 bits per heavy atom. The van der Waals surface area contributed by atoms with E-state index >= 15 is 0 Å². The molecule has 0 radical (unpaired) electrons. The predicted molar refractivity (Wildman–Crippen MR) is 122 cm³/mol. The Morgan fingerprint density at radius 2 is 1.69 bits per heavy atom. The fraction of sp³-hybridized carbons (Fsp3) is 0.217. The van der Waals surface area contributed by atoms with E-state index in [2.05, 4.69) is 4.72 Å². The van der Waals surface area contributed by atoms with Crippen LogP contribution in [-0.4, -0.2) is 27.7 Å². The van der Waals surface area contributed by atoms with E-state index in [1.54, 1.807) is 42.5 Å². The summed E-state index contributed by atoms with van der Waals surface area (Å²) in [5, 5.41) is 0. The fourth-order valence-corrected chi connectivity index (χ4v) is 6.32. The van der Waals surface area contributed by atoms with Gasteiger partial charge in [0.05, 0.1) is 10.6 Å². The maximum atomic E-state index is 13.4. The molecule has 1 heterocycles. The molecule has 0 aliphatic carbocycles. The lowest BCUT2D eigenvalue weighted by Crippen LogP contribution is -2.36. The van der Waals surface area contributed by atoms with Crippen LogP contribution in [0.5, 0.6) is 0 Å². The van der Waals surface area contributed by atoms with Gasteiger partial charge in [0.15, 0.2) is 0 Å². The summed E-state index contributed by atoms with van der Waals surface area (Å²) in [7, 11) is -7.42. The van der Waals surface area contributed by atoms with Crippen molar-refractivity contribution in [3.63, 3.8) is 0 Å². The van der Waals surface area contributed by atoms with E-state index in [9.17, 15) is 21.2 Å². The minimum Gasteiger partial charge on any atom is -0.283 e. The fourth-order valence-electron chi connectivity index (χ4n) is 3.72. The van der Waals surface area contributed by atoms with Gasteiger partial charge in [0.25, 0.3) is 0 Å². The second-order valence-corrected chi connectivity index (χ2v) is 11.5. The standard InChI is InChI=1S/C23H23FN2O4S2/c1-17-5-9-23(10-6-17)32(29,30)26-12-11-19-7-8-22(14-20(19)15-26)25-31(27,28)16-18-3-2-4-21(24)13-18/h2-10,13-14,25H,11-12,15-16H2,1H3. The van der Waals surface area contributed by atoms with Gasteiger partial charge < -0.3 is 0 Å². The first-order valence-electron chi connectivity index (χ1n) is 10.1. The third-order valence-corrected chi connectivity index (χ3v) is 8.48. The second-order valence-electron chi connectivity index (χ2n) is 7.88. The molecular formula is C23H23FN2O4S2. The van der Waals surface area contributed by atoms with Crippen LogP contribution in [0.15, 0.2) is 71.6 Å². The third-order valence-electron chi connectivity index (χ3n) is 5.36. The summed E-state index contributed by atoms with van der Waals surface area (Å²) in [6.45, 7) is 2.41. The highest BCUT2D eigenvalue weighted by Gasteiger charge is 2.28. The van der Waals surface area contributed by atoms with Crippen molar-refractivity contribution in [2.75, 3.05) is 11.3 Å². The van der Waals surface area contributed by atoms with Crippen molar-refractivity contribution >= 4 is 25.7 Å². The molecule has 0 aromatic heterocycles. The van der Waals surface area contributed by atoms with E-state index in [0.29, 0.717) is 24.2 Å². The van der Waals surface area contributed by atoms with Gasteiger partial charge in [0.2, 0.25) is 20.0 Å². The molecule has 3 aromatic carbocycles. The number of halogens is 1. The van der Waals surface area contributed by atoms with Crippen LogP contribution < -0.4 is 4.72 Å². The van der Waals surface area contributed by atoms with Crippen LogP contribution in [0.4, 0.5) is 10.1 Å². The van der Waals surface area contributed by atoms with E-state index < -0.39 is 25.9 Å². The van der Waals surface area contributed by atoms with Crippen molar-refractivity contribution in [2.45, 2.75) is 30.5 Å². The first-order valence-corrected chi connectivity index (χ1v) is 13.2. The maximum Gasteiger partial charge on any atom is 0.243 e. The lowest BCUT2D eigenvalue weighted by atomic mass is 10.0. The van der Waals surface area contributed by atoms with Crippen LogP contribution in [0.1, 0.15) is 22.3 Å². The molecule has 1 N–H and O–H groups in total. The van der Waals surface area contributed by atoms with Crippen LogP contribution in [0.25, 0.3) is 0 Å². The molecule has 9 heteroatoms. The number of hydrogen-bond acceptors (Lipinski definition) is 4. The molecule has 6 nitrogen and oxygen atoms in total. The molecule has 1 aliphatic rings. The molecule has 0 amide bonds. The molecule has 168 valence electrons. The van der Waals surface area contributed by atoms with Gasteiger partial charge in [-0.3, -0.25) is 4.72 Å². The van der Waals surface area contributed by atoms with Crippen molar-refractivity contribution in [2.24, 2.45) is 0 Å². The van der Waals surface area contributed by atoms with Crippen molar-refractivity contribution in [3.8, 4) is 0 Å². The largest absolute Gasteiger partial charge is 0.283 e. The average Bonchev–Trinajstić information content (AvgIpc) is 2.73. The van der Waals surface area contributed by atoms with Gasteiger partial charge in [-0.05, 0) is 66.4 Å². The number of aryl methyl sites for hydroxylation is 1. The highest BCUT2D eigenvalue weighted by molar-refractivity contribution is 7.91. The lowest BCUT2D eigenvalue weighted by molar-refractivity contribution is 0.391. The van der Waals surface area contributed by atoms with E-state index in [0.717, 1.165) is 16.7 Å². The van der Waals surface area contributed by atoms with Crippen LogP contribution in [0.2, 0.25) is 0 Å². The van der Waals surface area contributed by atoms with Crippen molar-refractivity contribution in [1.82, 2.24) is 4.31 Å². The number of nitrogens with one attached hydrogen (secondary N) is 1. The molecule has 1 aliphatic heterocycles. The summed E-state index contributed by atoms with van der Waals surface area (Å²) in [5.41, 5.74) is 3.38. The van der Waals surface area contributed by atoms with E-state index in [-0.39, 0.29) is 17.2 Å². The van der Waals surface area contributed by atoms with Gasteiger partial charge in [-0.15, -0.1) is 0 Å². The Hall–Kier alpha value is -2.75. The first-order chi connectivity index (χ1) is 15.1. The summed E-state index contributed by atoms with van der Waals surface area (Å²) in [6.07, 6.45) is 0.538. The van der Waals surface area contributed by atoms with Gasteiger partial charge in [-0.1, -0.05) is 35.9 Å². The molecular weight excluding hydrogens is 451 g/mol. The zero-order chi connectivity index (χ0) is 22.9. The smallest absolute Gasteiger partial charge is 0.243 e. The minimum absolute atomic E-state index is 0.158. The van der Waals surface area contributed by atoms with E-state index in [4.69, 9.17) is 0 Å². The molecule has 0 spiro atoms. The molecule has 0 saturated heterocycles. The molecule has 0 saturated carbocycles. The summed E-state index contributed by atoms with van der Waals surface area (Å²) in [6, 6.07) is 17.3. The van der Waals surface area contributed by atoms with Crippen molar-refractivity contribution in [1.29, 1.82) is 0 Å². The SMILES string of the molecule is Cc1ccc(S(=O)(=O)N2CCc3ccc(NS(=O)(=O)Cc4cccc(F)c4)cc3C2)cc1. The topological polar surface area (TPSA) is 83.6 Å². The number of rotatable bonds is 6. The Labute approximate surface area is 187 Å². The summed E-state index contributed by atoms with van der Waals surface area (Å²) >= 11 is 0.